The first kappa shape index (κ1) is 11.5. The van der Waals surface area contributed by atoms with Gasteiger partial charge in [-0.2, -0.15) is 5.10 Å². The molecule has 19 heavy (non-hydrogen) atoms. The number of aryl methyl sites for hydroxylation is 2. The van der Waals surface area contributed by atoms with Gasteiger partial charge in [-0.25, -0.2) is 0 Å². The molecular formula is C14H14N4O. The van der Waals surface area contributed by atoms with Gasteiger partial charge in [0.25, 0.3) is 5.91 Å². The van der Waals surface area contributed by atoms with E-state index in [2.05, 4.69) is 10.4 Å². The van der Waals surface area contributed by atoms with Gasteiger partial charge in [-0.15, -0.1) is 0 Å². The molecule has 2 aromatic heterocycles. The van der Waals surface area contributed by atoms with Crippen LogP contribution in [0.1, 0.15) is 10.4 Å². The van der Waals surface area contributed by atoms with Crippen LogP contribution in [0.25, 0.3) is 10.9 Å². The summed E-state index contributed by atoms with van der Waals surface area (Å²) in [7, 11) is 3.72. The first-order chi connectivity index (χ1) is 9.16. The predicted octanol–water partition coefficient (Wildman–Crippen LogP) is 2.16. The summed E-state index contributed by atoms with van der Waals surface area (Å²) in [4.78, 5) is 12.4. The number of nitrogens with one attached hydrogen (secondary N) is 1. The van der Waals surface area contributed by atoms with Gasteiger partial charge in [0.1, 0.15) is 5.82 Å². The quantitative estimate of drug-likeness (QED) is 0.762. The Bertz CT molecular complexity index is 754. The molecule has 3 rings (SSSR count). The van der Waals surface area contributed by atoms with E-state index in [1.54, 1.807) is 24.0 Å². The third kappa shape index (κ3) is 1.89. The Labute approximate surface area is 110 Å². The number of para-hydroxylation sites is 1. The number of hydrogen-bond acceptors (Lipinski definition) is 2. The Balaban J connectivity index is 2.02. The molecular weight excluding hydrogens is 240 g/mol. The van der Waals surface area contributed by atoms with Crippen LogP contribution in [0.2, 0.25) is 0 Å². The van der Waals surface area contributed by atoms with E-state index in [1.165, 1.54) is 0 Å². The van der Waals surface area contributed by atoms with Gasteiger partial charge in [-0.05, 0) is 12.1 Å². The largest absolute Gasteiger partial charge is 0.350 e. The highest BCUT2D eigenvalue weighted by molar-refractivity contribution is 6.11. The zero-order valence-corrected chi connectivity index (χ0v) is 10.8. The van der Waals surface area contributed by atoms with Crippen molar-refractivity contribution in [3.63, 3.8) is 0 Å². The molecule has 0 atom stereocenters. The van der Waals surface area contributed by atoms with E-state index < -0.39 is 0 Å². The third-order valence-electron chi connectivity index (χ3n) is 3.20. The van der Waals surface area contributed by atoms with Gasteiger partial charge in [0.15, 0.2) is 0 Å². The summed E-state index contributed by atoms with van der Waals surface area (Å²) in [6, 6.07) is 9.48. The third-order valence-corrected chi connectivity index (χ3v) is 3.20. The molecule has 0 aliphatic heterocycles. The molecule has 2 heterocycles. The van der Waals surface area contributed by atoms with Crippen LogP contribution in [-0.4, -0.2) is 20.3 Å². The van der Waals surface area contributed by atoms with Gasteiger partial charge in [0.2, 0.25) is 0 Å². The SMILES string of the molecule is Cn1nccc1NC(=O)c1cccc2ccn(C)c12. The molecule has 3 aromatic rings. The molecule has 0 saturated heterocycles. The number of aromatic nitrogens is 3. The number of anilines is 1. The lowest BCUT2D eigenvalue weighted by Gasteiger charge is -2.08. The van der Waals surface area contributed by atoms with Crippen molar-refractivity contribution in [2.75, 3.05) is 5.32 Å². The zero-order valence-electron chi connectivity index (χ0n) is 10.8. The van der Waals surface area contributed by atoms with E-state index in [-0.39, 0.29) is 5.91 Å². The van der Waals surface area contributed by atoms with Crippen molar-refractivity contribution in [2.45, 2.75) is 0 Å². The number of fused-ring (bicyclic) bond motifs is 1. The first-order valence-electron chi connectivity index (χ1n) is 6.00. The van der Waals surface area contributed by atoms with Crippen molar-refractivity contribution in [1.82, 2.24) is 14.3 Å². The highest BCUT2D eigenvalue weighted by atomic mass is 16.1. The molecule has 0 spiro atoms. The molecule has 0 unspecified atom stereocenters. The molecule has 1 amide bonds. The average molecular weight is 254 g/mol. The second-order valence-corrected chi connectivity index (χ2v) is 4.46. The maximum atomic E-state index is 12.4. The smallest absolute Gasteiger partial charge is 0.258 e. The molecule has 0 aliphatic carbocycles. The molecule has 1 N–H and O–H groups in total. The summed E-state index contributed by atoms with van der Waals surface area (Å²) in [6.45, 7) is 0. The fraction of sp³-hybridized carbons (Fsp3) is 0.143. The normalized spacial score (nSPS) is 10.8. The second kappa shape index (κ2) is 4.28. The lowest BCUT2D eigenvalue weighted by atomic mass is 10.1. The number of hydrogen-bond donors (Lipinski definition) is 1. The Morgan fingerprint density at radius 3 is 2.79 bits per heavy atom. The summed E-state index contributed by atoms with van der Waals surface area (Å²) >= 11 is 0. The number of carbonyl (C=O) groups excluding carboxylic acids is 1. The lowest BCUT2D eigenvalue weighted by molar-refractivity contribution is 0.102. The zero-order chi connectivity index (χ0) is 13.4. The molecule has 0 saturated carbocycles. The van der Waals surface area contributed by atoms with Crippen LogP contribution in [0.15, 0.2) is 42.7 Å². The monoisotopic (exact) mass is 254 g/mol. The second-order valence-electron chi connectivity index (χ2n) is 4.46. The van der Waals surface area contributed by atoms with Crippen LogP contribution in [-0.2, 0) is 14.1 Å². The van der Waals surface area contributed by atoms with Gasteiger partial charge in [-0.1, -0.05) is 12.1 Å². The predicted molar refractivity (Wildman–Crippen MR) is 74.1 cm³/mol. The van der Waals surface area contributed by atoms with Crippen LogP contribution >= 0.6 is 0 Å². The summed E-state index contributed by atoms with van der Waals surface area (Å²) in [6.07, 6.45) is 3.60. The number of carbonyl (C=O) groups is 1. The Hall–Kier alpha value is -2.56. The summed E-state index contributed by atoms with van der Waals surface area (Å²) in [5.74, 6) is 0.548. The van der Waals surface area contributed by atoms with Crippen molar-refractivity contribution >= 4 is 22.6 Å². The standard InChI is InChI=1S/C14H14N4O/c1-17-9-7-10-4-3-5-11(13(10)17)14(19)16-12-6-8-15-18(12)2/h3-9H,1-2H3,(H,16,19). The minimum absolute atomic E-state index is 0.129. The molecule has 0 bridgehead atoms. The van der Waals surface area contributed by atoms with E-state index in [4.69, 9.17) is 0 Å². The first-order valence-corrected chi connectivity index (χ1v) is 6.00. The number of rotatable bonds is 2. The molecule has 5 heteroatoms. The van der Waals surface area contributed by atoms with Crippen LogP contribution in [0.5, 0.6) is 0 Å². The van der Waals surface area contributed by atoms with Gasteiger partial charge in [-0.3, -0.25) is 9.48 Å². The fourth-order valence-corrected chi connectivity index (χ4v) is 2.22. The molecule has 0 aliphatic rings. The van der Waals surface area contributed by atoms with Gasteiger partial charge < -0.3 is 9.88 Å². The van der Waals surface area contributed by atoms with Gasteiger partial charge in [0, 0.05) is 31.7 Å². The van der Waals surface area contributed by atoms with E-state index in [1.807, 2.05) is 42.1 Å². The average Bonchev–Trinajstić information content (AvgIpc) is 2.97. The Morgan fingerprint density at radius 1 is 1.21 bits per heavy atom. The fourth-order valence-electron chi connectivity index (χ4n) is 2.22. The minimum Gasteiger partial charge on any atom is -0.350 e. The summed E-state index contributed by atoms with van der Waals surface area (Å²) in [5, 5.41) is 7.95. The maximum absolute atomic E-state index is 12.4. The van der Waals surface area contributed by atoms with E-state index in [0.717, 1.165) is 10.9 Å². The topological polar surface area (TPSA) is 51.9 Å². The molecule has 5 nitrogen and oxygen atoms in total. The van der Waals surface area contributed by atoms with Crippen LogP contribution in [0.3, 0.4) is 0 Å². The minimum atomic E-state index is -0.129. The highest BCUT2D eigenvalue weighted by Crippen LogP contribution is 2.20. The number of nitrogens with zero attached hydrogens (tertiary/aromatic N) is 3. The van der Waals surface area contributed by atoms with Crippen molar-refractivity contribution < 1.29 is 4.79 Å². The van der Waals surface area contributed by atoms with Crippen molar-refractivity contribution in [1.29, 1.82) is 0 Å². The number of benzene rings is 1. The van der Waals surface area contributed by atoms with Crippen molar-refractivity contribution in [3.05, 3.63) is 48.3 Å². The summed E-state index contributed by atoms with van der Waals surface area (Å²) < 4.78 is 3.58. The lowest BCUT2D eigenvalue weighted by Crippen LogP contribution is -2.15. The van der Waals surface area contributed by atoms with E-state index in [0.29, 0.717) is 11.4 Å². The molecule has 0 radical (unpaired) electrons. The van der Waals surface area contributed by atoms with Crippen molar-refractivity contribution in [2.24, 2.45) is 14.1 Å². The van der Waals surface area contributed by atoms with E-state index in [9.17, 15) is 4.79 Å². The van der Waals surface area contributed by atoms with E-state index >= 15 is 0 Å². The number of amides is 1. The maximum Gasteiger partial charge on any atom is 0.258 e. The van der Waals surface area contributed by atoms with Gasteiger partial charge >= 0.3 is 0 Å². The van der Waals surface area contributed by atoms with Crippen LogP contribution in [0, 0.1) is 0 Å². The summed E-state index contributed by atoms with van der Waals surface area (Å²) in [5.41, 5.74) is 1.59. The molecule has 96 valence electrons. The molecule has 0 fully saturated rings. The Kier molecular flexibility index (Phi) is 2.59. The van der Waals surface area contributed by atoms with Crippen molar-refractivity contribution in [3.8, 4) is 0 Å². The molecule has 1 aromatic carbocycles. The van der Waals surface area contributed by atoms with Crippen LogP contribution < -0.4 is 5.32 Å². The highest BCUT2D eigenvalue weighted by Gasteiger charge is 2.13. The van der Waals surface area contributed by atoms with Crippen LogP contribution in [0.4, 0.5) is 5.82 Å². The Morgan fingerprint density at radius 2 is 2.05 bits per heavy atom. The van der Waals surface area contributed by atoms with Gasteiger partial charge in [0.05, 0.1) is 17.3 Å².